The van der Waals surface area contributed by atoms with E-state index in [2.05, 4.69) is 4.74 Å². The van der Waals surface area contributed by atoms with Crippen LogP contribution in [0.25, 0.3) is 0 Å². The summed E-state index contributed by atoms with van der Waals surface area (Å²) in [5.41, 5.74) is -3.41. The van der Waals surface area contributed by atoms with Crippen LogP contribution in [-0.4, -0.2) is 36.8 Å². The first kappa shape index (κ1) is 12.8. The zero-order chi connectivity index (χ0) is 10.9. The summed E-state index contributed by atoms with van der Waals surface area (Å²) in [5, 5.41) is 0. The molecule has 0 rings (SSSR count). The van der Waals surface area contributed by atoms with Gasteiger partial charge in [-0.05, 0) is 13.8 Å². The largest absolute Gasteiger partial charge is 0.339 e. The summed E-state index contributed by atoms with van der Waals surface area (Å²) in [6, 6.07) is 0. The minimum Gasteiger partial charge on any atom is -0.339 e. The van der Waals surface area contributed by atoms with Crippen LogP contribution in [-0.2, 0) is 25.0 Å². The molecular formula is C4H10O7S2. The molecule has 13 heavy (non-hydrogen) atoms. The fourth-order valence-electron chi connectivity index (χ4n) is 0.410. The van der Waals surface area contributed by atoms with E-state index in [9.17, 15) is 16.8 Å². The van der Waals surface area contributed by atoms with Gasteiger partial charge >= 0.3 is 0 Å². The van der Waals surface area contributed by atoms with E-state index in [0.29, 0.717) is 0 Å². The quantitative estimate of drug-likeness (QED) is 0.627. The first-order chi connectivity index (χ1) is 5.55. The third-order valence-electron chi connectivity index (χ3n) is 1.22. The monoisotopic (exact) mass is 234 g/mol. The molecule has 0 aliphatic rings. The van der Waals surface area contributed by atoms with Crippen molar-refractivity contribution in [3.8, 4) is 0 Å². The van der Waals surface area contributed by atoms with Crippen LogP contribution in [0.1, 0.15) is 13.8 Å². The van der Waals surface area contributed by atoms with E-state index in [0.717, 1.165) is 13.8 Å². The maximum absolute atomic E-state index is 10.3. The molecule has 2 unspecified atom stereocenters. The predicted octanol–water partition coefficient (Wildman–Crippen LogP) is -0.529. The number of hydrogen-bond donors (Lipinski definition) is 2. The lowest BCUT2D eigenvalue weighted by molar-refractivity contribution is 0.0884. The van der Waals surface area contributed by atoms with Gasteiger partial charge < -0.3 is 4.74 Å². The number of hydrogen-bond acceptors (Lipinski definition) is 5. The molecule has 2 atom stereocenters. The van der Waals surface area contributed by atoms with Crippen LogP contribution in [0.2, 0.25) is 0 Å². The molecule has 0 aromatic heterocycles. The zero-order valence-corrected chi connectivity index (χ0v) is 8.54. The number of rotatable bonds is 4. The molecule has 0 amide bonds. The van der Waals surface area contributed by atoms with E-state index in [4.69, 9.17) is 9.11 Å². The normalized spacial score (nSPS) is 18.2. The van der Waals surface area contributed by atoms with Gasteiger partial charge in [-0.15, -0.1) is 0 Å². The smallest absolute Gasteiger partial charge is 0.292 e. The van der Waals surface area contributed by atoms with Crippen molar-refractivity contribution in [3.05, 3.63) is 0 Å². The van der Waals surface area contributed by atoms with E-state index in [1.807, 2.05) is 0 Å². The molecule has 0 bridgehead atoms. The molecule has 0 aromatic carbocycles. The molecule has 9 heteroatoms. The van der Waals surface area contributed by atoms with Crippen LogP contribution >= 0.6 is 0 Å². The molecule has 2 N–H and O–H groups in total. The van der Waals surface area contributed by atoms with Crippen LogP contribution in [0.3, 0.4) is 0 Å². The summed E-state index contributed by atoms with van der Waals surface area (Å²) in [5.74, 6) is 0. The Hall–Kier alpha value is -0.220. The SMILES string of the molecule is CC(OC(C)S(=O)(=O)O)S(=O)(=O)O. The molecule has 0 heterocycles. The molecule has 0 radical (unpaired) electrons. The molecule has 0 spiro atoms. The zero-order valence-electron chi connectivity index (χ0n) is 6.91. The molecule has 0 aliphatic heterocycles. The van der Waals surface area contributed by atoms with Crippen LogP contribution in [0.5, 0.6) is 0 Å². The lowest BCUT2D eigenvalue weighted by Crippen LogP contribution is -2.29. The Morgan fingerprint density at radius 2 is 1.15 bits per heavy atom. The molecule has 0 aromatic rings. The van der Waals surface area contributed by atoms with Crippen LogP contribution in [0.4, 0.5) is 0 Å². The second kappa shape index (κ2) is 3.88. The van der Waals surface area contributed by atoms with Gasteiger partial charge in [-0.25, -0.2) is 0 Å². The summed E-state index contributed by atoms with van der Waals surface area (Å²) in [6.07, 6.45) is 0. The third kappa shape index (κ3) is 4.52. The average molecular weight is 234 g/mol. The summed E-state index contributed by atoms with van der Waals surface area (Å²) in [6.45, 7) is 1.88. The van der Waals surface area contributed by atoms with Crippen molar-refractivity contribution in [1.82, 2.24) is 0 Å². The van der Waals surface area contributed by atoms with Crippen molar-refractivity contribution < 1.29 is 30.7 Å². The van der Waals surface area contributed by atoms with Gasteiger partial charge in [0, 0.05) is 0 Å². The van der Waals surface area contributed by atoms with E-state index in [1.54, 1.807) is 0 Å². The summed E-state index contributed by atoms with van der Waals surface area (Å²) >= 11 is 0. The Bertz CT molecular complexity index is 316. The Labute approximate surface area is 76.2 Å². The van der Waals surface area contributed by atoms with E-state index in [-0.39, 0.29) is 0 Å². The fourth-order valence-corrected chi connectivity index (χ4v) is 1.09. The standard InChI is InChI=1S/C4H10O7S2/c1-3(12(5,6)7)11-4(2)13(8,9)10/h3-4H,1-2H3,(H,5,6,7)(H,8,9,10). The highest BCUT2D eigenvalue weighted by Gasteiger charge is 2.26. The Morgan fingerprint density at radius 3 is 1.31 bits per heavy atom. The second-order valence-electron chi connectivity index (χ2n) is 2.30. The topological polar surface area (TPSA) is 118 Å². The second-order valence-corrected chi connectivity index (χ2v) is 5.69. The van der Waals surface area contributed by atoms with E-state index >= 15 is 0 Å². The van der Waals surface area contributed by atoms with Gasteiger partial charge in [0.25, 0.3) is 20.2 Å². The minimum atomic E-state index is -4.46. The van der Waals surface area contributed by atoms with E-state index in [1.165, 1.54) is 0 Å². The first-order valence-corrected chi connectivity index (χ1v) is 6.14. The molecule has 0 aliphatic carbocycles. The highest BCUT2D eigenvalue weighted by atomic mass is 32.2. The van der Waals surface area contributed by atoms with Crippen molar-refractivity contribution >= 4 is 20.2 Å². The Kier molecular flexibility index (Phi) is 3.82. The maximum atomic E-state index is 10.3. The summed E-state index contributed by atoms with van der Waals surface area (Å²) in [7, 11) is -8.91. The molecule has 0 saturated carbocycles. The Balaban J connectivity index is 4.50. The average Bonchev–Trinajstić information content (AvgIpc) is 1.82. The van der Waals surface area contributed by atoms with Gasteiger partial charge in [-0.1, -0.05) is 0 Å². The van der Waals surface area contributed by atoms with Gasteiger partial charge in [0.05, 0.1) is 0 Å². The molecule has 0 saturated heterocycles. The van der Waals surface area contributed by atoms with Crippen LogP contribution < -0.4 is 0 Å². The summed E-state index contributed by atoms with van der Waals surface area (Å²) in [4.78, 5) is 0. The lowest BCUT2D eigenvalue weighted by atomic mass is 10.8. The Morgan fingerprint density at radius 1 is 0.923 bits per heavy atom. The van der Waals surface area contributed by atoms with Gasteiger partial charge in [0.15, 0.2) is 10.9 Å². The highest BCUT2D eigenvalue weighted by Crippen LogP contribution is 2.07. The predicted molar refractivity (Wildman–Crippen MR) is 43.1 cm³/mol. The molecule has 80 valence electrons. The highest BCUT2D eigenvalue weighted by molar-refractivity contribution is 7.87. The van der Waals surface area contributed by atoms with E-state index < -0.39 is 31.1 Å². The molecular weight excluding hydrogens is 224 g/mol. The first-order valence-electron chi connectivity index (χ1n) is 3.13. The van der Waals surface area contributed by atoms with Gasteiger partial charge in [-0.2, -0.15) is 16.8 Å². The van der Waals surface area contributed by atoms with Crippen molar-refractivity contribution in [2.24, 2.45) is 0 Å². The van der Waals surface area contributed by atoms with Gasteiger partial charge in [-0.3, -0.25) is 9.11 Å². The van der Waals surface area contributed by atoms with Crippen molar-refractivity contribution in [1.29, 1.82) is 0 Å². The summed E-state index contributed by atoms with van der Waals surface area (Å²) < 4.78 is 62.4. The van der Waals surface area contributed by atoms with Crippen molar-refractivity contribution in [3.63, 3.8) is 0 Å². The molecule has 0 fully saturated rings. The van der Waals surface area contributed by atoms with Crippen molar-refractivity contribution in [2.45, 2.75) is 24.7 Å². The molecule has 7 nitrogen and oxygen atoms in total. The maximum Gasteiger partial charge on any atom is 0.292 e. The fraction of sp³-hybridized carbons (Fsp3) is 1.00. The third-order valence-corrected chi connectivity index (χ3v) is 3.12. The van der Waals surface area contributed by atoms with Gasteiger partial charge in [0.1, 0.15) is 0 Å². The van der Waals surface area contributed by atoms with Crippen LogP contribution in [0.15, 0.2) is 0 Å². The van der Waals surface area contributed by atoms with Crippen LogP contribution in [0, 0.1) is 0 Å². The minimum absolute atomic E-state index is 0.941. The van der Waals surface area contributed by atoms with Gasteiger partial charge in [0.2, 0.25) is 0 Å². The van der Waals surface area contributed by atoms with Crippen molar-refractivity contribution in [2.75, 3.05) is 0 Å². The number of ether oxygens (including phenoxy) is 1. The lowest BCUT2D eigenvalue weighted by Gasteiger charge is -2.13.